The molecule has 92 valence electrons. The van der Waals surface area contributed by atoms with Crippen LogP contribution in [-0.4, -0.2) is 19.1 Å². The van der Waals surface area contributed by atoms with Gasteiger partial charge in [-0.2, -0.15) is 0 Å². The molecule has 0 saturated heterocycles. The Morgan fingerprint density at radius 2 is 2.29 bits per heavy atom. The molecule has 1 amide bonds. The Kier molecular flexibility index (Phi) is 3.07. The first-order valence-electron chi connectivity index (χ1n) is 5.80. The van der Waals surface area contributed by atoms with E-state index in [0.29, 0.717) is 6.54 Å². The van der Waals surface area contributed by atoms with E-state index in [9.17, 15) is 4.79 Å². The molecular formula is C13H18N2O2. The zero-order valence-electron chi connectivity index (χ0n) is 10.2. The van der Waals surface area contributed by atoms with Gasteiger partial charge < -0.3 is 15.8 Å². The first-order chi connectivity index (χ1) is 8.03. The van der Waals surface area contributed by atoms with Gasteiger partial charge in [-0.25, -0.2) is 0 Å². The highest BCUT2D eigenvalue weighted by Crippen LogP contribution is 2.28. The molecule has 1 heterocycles. The second kappa shape index (κ2) is 4.37. The highest BCUT2D eigenvalue weighted by Gasteiger charge is 2.26. The van der Waals surface area contributed by atoms with E-state index in [-0.39, 0.29) is 5.91 Å². The van der Waals surface area contributed by atoms with E-state index in [1.54, 1.807) is 0 Å². The van der Waals surface area contributed by atoms with Gasteiger partial charge in [0.05, 0.1) is 12.0 Å². The van der Waals surface area contributed by atoms with Crippen molar-refractivity contribution in [2.75, 3.05) is 18.5 Å². The van der Waals surface area contributed by atoms with Crippen LogP contribution in [0.25, 0.3) is 0 Å². The summed E-state index contributed by atoms with van der Waals surface area (Å²) >= 11 is 0. The van der Waals surface area contributed by atoms with Crippen LogP contribution in [0.1, 0.15) is 19.4 Å². The van der Waals surface area contributed by atoms with Crippen LogP contribution < -0.4 is 15.8 Å². The van der Waals surface area contributed by atoms with Crippen LogP contribution in [0.3, 0.4) is 0 Å². The summed E-state index contributed by atoms with van der Waals surface area (Å²) < 4.78 is 5.41. The fourth-order valence-electron chi connectivity index (χ4n) is 1.66. The molecule has 3 N–H and O–H groups in total. The second-order valence-corrected chi connectivity index (χ2v) is 4.96. The number of fused-ring (bicyclic) bond motifs is 1. The monoisotopic (exact) mass is 234 g/mol. The minimum atomic E-state index is -0.546. The third kappa shape index (κ3) is 2.42. The molecule has 4 nitrogen and oxygen atoms in total. The molecule has 0 radical (unpaired) electrons. The van der Waals surface area contributed by atoms with E-state index in [0.717, 1.165) is 30.0 Å². The number of carbonyl (C=O) groups excluding carboxylic acids is 1. The third-order valence-electron chi connectivity index (χ3n) is 3.07. The molecule has 0 aromatic heterocycles. The lowest BCUT2D eigenvalue weighted by atomic mass is 9.92. The van der Waals surface area contributed by atoms with E-state index < -0.39 is 5.41 Å². The van der Waals surface area contributed by atoms with Gasteiger partial charge in [0.15, 0.2) is 0 Å². The van der Waals surface area contributed by atoms with Gasteiger partial charge in [-0.3, -0.25) is 4.79 Å². The Morgan fingerprint density at radius 3 is 3.00 bits per heavy atom. The predicted molar refractivity (Wildman–Crippen MR) is 67.1 cm³/mol. The van der Waals surface area contributed by atoms with E-state index in [2.05, 4.69) is 5.32 Å². The third-order valence-corrected chi connectivity index (χ3v) is 3.07. The Labute approximate surface area is 101 Å². The summed E-state index contributed by atoms with van der Waals surface area (Å²) in [5.74, 6) is 0.861. The SMILES string of the molecule is CC(C)(CN)C(=O)Nc1ccc2c(c1)CCO2. The first-order valence-corrected chi connectivity index (χ1v) is 5.80. The summed E-state index contributed by atoms with van der Waals surface area (Å²) in [7, 11) is 0. The molecule has 0 fully saturated rings. The van der Waals surface area contributed by atoms with Crippen molar-refractivity contribution in [1.29, 1.82) is 0 Å². The molecule has 1 aromatic rings. The van der Waals surface area contributed by atoms with Gasteiger partial charge >= 0.3 is 0 Å². The quantitative estimate of drug-likeness (QED) is 0.834. The highest BCUT2D eigenvalue weighted by molar-refractivity contribution is 5.95. The van der Waals surface area contributed by atoms with E-state index in [4.69, 9.17) is 10.5 Å². The number of hydrogen-bond acceptors (Lipinski definition) is 3. The molecule has 4 heteroatoms. The molecule has 0 bridgehead atoms. The molecule has 2 rings (SSSR count). The maximum atomic E-state index is 11.9. The maximum absolute atomic E-state index is 11.9. The number of amides is 1. The summed E-state index contributed by atoms with van der Waals surface area (Å²) in [5, 5.41) is 2.89. The molecule has 1 aliphatic rings. The van der Waals surface area contributed by atoms with Crippen LogP contribution in [0.5, 0.6) is 5.75 Å². The summed E-state index contributed by atoms with van der Waals surface area (Å²) in [6.07, 6.45) is 0.902. The second-order valence-electron chi connectivity index (χ2n) is 4.96. The fourth-order valence-corrected chi connectivity index (χ4v) is 1.66. The lowest BCUT2D eigenvalue weighted by Crippen LogP contribution is -2.37. The number of nitrogens with two attached hydrogens (primary N) is 1. The summed E-state index contributed by atoms with van der Waals surface area (Å²) in [4.78, 5) is 11.9. The minimum Gasteiger partial charge on any atom is -0.493 e. The van der Waals surface area contributed by atoms with E-state index in [1.807, 2.05) is 32.0 Å². The molecule has 17 heavy (non-hydrogen) atoms. The Morgan fingerprint density at radius 1 is 1.53 bits per heavy atom. The van der Waals surface area contributed by atoms with Crippen molar-refractivity contribution >= 4 is 11.6 Å². The number of ether oxygens (including phenoxy) is 1. The number of rotatable bonds is 3. The highest BCUT2D eigenvalue weighted by atomic mass is 16.5. The minimum absolute atomic E-state index is 0.0566. The Hall–Kier alpha value is -1.55. The van der Waals surface area contributed by atoms with Crippen LogP contribution in [0.2, 0.25) is 0 Å². The molecule has 0 saturated carbocycles. The van der Waals surface area contributed by atoms with Crippen LogP contribution >= 0.6 is 0 Å². The van der Waals surface area contributed by atoms with Crippen LogP contribution in [0.15, 0.2) is 18.2 Å². The zero-order valence-corrected chi connectivity index (χ0v) is 10.2. The van der Waals surface area contributed by atoms with Crippen molar-refractivity contribution in [3.63, 3.8) is 0 Å². The first kappa shape index (κ1) is 11.9. The smallest absolute Gasteiger partial charge is 0.231 e. The molecule has 0 unspecified atom stereocenters. The molecular weight excluding hydrogens is 216 g/mol. The summed E-state index contributed by atoms with van der Waals surface area (Å²) in [6, 6.07) is 5.72. The average molecular weight is 234 g/mol. The lowest BCUT2D eigenvalue weighted by Gasteiger charge is -2.21. The Balaban J connectivity index is 2.12. The van der Waals surface area contributed by atoms with Crippen LogP contribution in [-0.2, 0) is 11.2 Å². The van der Waals surface area contributed by atoms with Gasteiger partial charge in [0.25, 0.3) is 0 Å². The standard InChI is InChI=1S/C13H18N2O2/c1-13(2,8-14)12(16)15-10-3-4-11-9(7-10)5-6-17-11/h3-4,7H,5-6,8,14H2,1-2H3,(H,15,16). The molecule has 1 aromatic carbocycles. The number of carbonyl (C=O) groups is 1. The zero-order chi connectivity index (χ0) is 12.5. The molecule has 1 aliphatic heterocycles. The van der Waals surface area contributed by atoms with Gasteiger partial charge in [0.2, 0.25) is 5.91 Å². The van der Waals surface area contributed by atoms with E-state index in [1.165, 1.54) is 0 Å². The topological polar surface area (TPSA) is 64.4 Å². The van der Waals surface area contributed by atoms with Gasteiger partial charge in [0.1, 0.15) is 5.75 Å². The Bertz CT molecular complexity index is 441. The van der Waals surface area contributed by atoms with Gasteiger partial charge in [-0.15, -0.1) is 0 Å². The fraction of sp³-hybridized carbons (Fsp3) is 0.462. The largest absolute Gasteiger partial charge is 0.493 e. The van der Waals surface area contributed by atoms with Crippen molar-refractivity contribution in [3.05, 3.63) is 23.8 Å². The summed E-state index contributed by atoms with van der Waals surface area (Å²) in [5.41, 5.74) is 6.98. The normalized spacial score (nSPS) is 14.1. The number of benzene rings is 1. The molecule has 0 atom stereocenters. The van der Waals surface area contributed by atoms with Gasteiger partial charge in [-0.05, 0) is 37.6 Å². The summed E-state index contributed by atoms with van der Waals surface area (Å²) in [6.45, 7) is 4.71. The number of anilines is 1. The van der Waals surface area contributed by atoms with Crippen molar-refractivity contribution in [2.45, 2.75) is 20.3 Å². The van der Waals surface area contributed by atoms with Crippen molar-refractivity contribution in [2.24, 2.45) is 11.1 Å². The number of nitrogens with one attached hydrogen (secondary N) is 1. The van der Waals surface area contributed by atoms with Gasteiger partial charge in [0, 0.05) is 18.7 Å². The lowest BCUT2D eigenvalue weighted by molar-refractivity contribution is -0.123. The maximum Gasteiger partial charge on any atom is 0.231 e. The molecule has 0 spiro atoms. The number of hydrogen-bond donors (Lipinski definition) is 2. The average Bonchev–Trinajstić information content (AvgIpc) is 2.76. The van der Waals surface area contributed by atoms with Crippen molar-refractivity contribution in [1.82, 2.24) is 0 Å². The van der Waals surface area contributed by atoms with Crippen molar-refractivity contribution < 1.29 is 9.53 Å². The van der Waals surface area contributed by atoms with Crippen molar-refractivity contribution in [3.8, 4) is 5.75 Å². The van der Waals surface area contributed by atoms with Crippen LogP contribution in [0, 0.1) is 5.41 Å². The van der Waals surface area contributed by atoms with Gasteiger partial charge in [-0.1, -0.05) is 0 Å². The molecule has 0 aliphatic carbocycles. The van der Waals surface area contributed by atoms with E-state index >= 15 is 0 Å². The predicted octanol–water partition coefficient (Wildman–Crippen LogP) is 1.54. The van der Waals surface area contributed by atoms with Crippen LogP contribution in [0.4, 0.5) is 5.69 Å².